The number of para-hydroxylation sites is 1. The third-order valence-electron chi connectivity index (χ3n) is 4.81. The lowest BCUT2D eigenvalue weighted by molar-refractivity contribution is 0.0463. The number of pyridine rings is 1. The van der Waals surface area contributed by atoms with Crippen molar-refractivity contribution in [2.45, 2.75) is 27.7 Å². The van der Waals surface area contributed by atoms with Gasteiger partial charge in [0, 0.05) is 5.39 Å². The molecule has 9 heteroatoms. The monoisotopic (exact) mass is 449 g/mol. The maximum atomic E-state index is 12.9. The maximum absolute atomic E-state index is 12.9. The van der Waals surface area contributed by atoms with Crippen LogP contribution in [0.3, 0.4) is 0 Å². The number of rotatable bonds is 6. The third kappa shape index (κ3) is 4.38. The van der Waals surface area contributed by atoms with E-state index < -0.39 is 5.97 Å². The van der Waals surface area contributed by atoms with Crippen molar-refractivity contribution in [2.75, 3.05) is 11.9 Å². The molecule has 164 valence electrons. The van der Waals surface area contributed by atoms with E-state index >= 15 is 0 Å². The molecule has 4 rings (SSSR count). The molecule has 3 heterocycles. The van der Waals surface area contributed by atoms with Crippen LogP contribution in [-0.2, 0) is 4.74 Å². The highest BCUT2D eigenvalue weighted by molar-refractivity contribution is 7.17. The summed E-state index contributed by atoms with van der Waals surface area (Å²) in [5.41, 5.74) is 2.42. The summed E-state index contributed by atoms with van der Waals surface area (Å²) in [5.74, 6) is 0.0782. The molecule has 3 aromatic heterocycles. The molecule has 0 aliphatic heterocycles. The predicted octanol–water partition coefficient (Wildman–Crippen LogP) is 4.56. The van der Waals surface area contributed by atoms with Gasteiger partial charge < -0.3 is 4.74 Å². The van der Waals surface area contributed by atoms with Gasteiger partial charge in [0.15, 0.2) is 10.9 Å². The number of nitrogens with one attached hydrogen (secondary N) is 1. The molecule has 4 aromatic rings. The lowest BCUT2D eigenvalue weighted by atomic mass is 10.2. The molecule has 0 aliphatic carbocycles. The largest absolute Gasteiger partial charge is 0.461 e. The fraction of sp³-hybridized carbons (Fsp3) is 0.261. The molecule has 0 unspecified atom stereocenters. The van der Waals surface area contributed by atoms with Crippen molar-refractivity contribution in [3.05, 3.63) is 64.4 Å². The number of amides is 1. The maximum Gasteiger partial charge on any atom is 0.350 e. The molecular formula is C23H23N5O3S. The molecular weight excluding hydrogens is 426 g/mol. The number of carbonyl (C=O) groups excluding carboxylic acids is 2. The molecule has 8 nitrogen and oxygen atoms in total. The minimum Gasteiger partial charge on any atom is -0.461 e. The molecule has 1 amide bonds. The number of ether oxygens (including phenoxy) is 1. The van der Waals surface area contributed by atoms with Crippen molar-refractivity contribution in [3.63, 3.8) is 0 Å². The van der Waals surface area contributed by atoms with Gasteiger partial charge in [-0.05, 0) is 38.0 Å². The Kier molecular flexibility index (Phi) is 6.00. The highest BCUT2D eigenvalue weighted by Crippen LogP contribution is 2.25. The zero-order chi connectivity index (χ0) is 22.8. The van der Waals surface area contributed by atoms with Gasteiger partial charge in [0.2, 0.25) is 0 Å². The van der Waals surface area contributed by atoms with Gasteiger partial charge >= 0.3 is 5.97 Å². The van der Waals surface area contributed by atoms with Gasteiger partial charge in [-0.2, -0.15) is 5.10 Å². The number of carbonyl (C=O) groups is 2. The first-order valence-corrected chi connectivity index (χ1v) is 11.0. The van der Waals surface area contributed by atoms with Crippen molar-refractivity contribution in [1.29, 1.82) is 0 Å². The fourth-order valence-corrected chi connectivity index (χ4v) is 4.00. The van der Waals surface area contributed by atoms with E-state index in [1.54, 1.807) is 18.5 Å². The fourth-order valence-electron chi connectivity index (χ4n) is 3.15. The predicted molar refractivity (Wildman–Crippen MR) is 124 cm³/mol. The summed E-state index contributed by atoms with van der Waals surface area (Å²) < 4.78 is 6.90. The summed E-state index contributed by atoms with van der Waals surface area (Å²) in [6.45, 7) is 7.79. The minimum atomic E-state index is -0.430. The number of thiazole rings is 1. The van der Waals surface area contributed by atoms with Crippen LogP contribution in [0.25, 0.3) is 16.7 Å². The number of aromatic nitrogens is 4. The Hall–Kier alpha value is -3.59. The Morgan fingerprint density at radius 3 is 2.69 bits per heavy atom. The highest BCUT2D eigenvalue weighted by atomic mass is 32.1. The van der Waals surface area contributed by atoms with E-state index in [9.17, 15) is 9.59 Å². The van der Waals surface area contributed by atoms with Crippen LogP contribution in [0.1, 0.15) is 45.3 Å². The van der Waals surface area contributed by atoms with Crippen LogP contribution in [0.4, 0.5) is 5.13 Å². The average Bonchev–Trinajstić information content (AvgIpc) is 3.33. The number of anilines is 1. The highest BCUT2D eigenvalue weighted by Gasteiger charge is 2.21. The van der Waals surface area contributed by atoms with Gasteiger partial charge in [-0.1, -0.05) is 43.4 Å². The van der Waals surface area contributed by atoms with Crippen LogP contribution in [-0.4, -0.2) is 38.2 Å². The third-order valence-corrected chi connectivity index (χ3v) is 5.86. The number of benzene rings is 1. The van der Waals surface area contributed by atoms with Crippen LogP contribution >= 0.6 is 11.3 Å². The smallest absolute Gasteiger partial charge is 0.350 e. The molecule has 0 aliphatic rings. The second-order valence-electron chi connectivity index (χ2n) is 7.80. The van der Waals surface area contributed by atoms with Gasteiger partial charge in [0.05, 0.1) is 35.3 Å². The van der Waals surface area contributed by atoms with Gasteiger partial charge in [-0.25, -0.2) is 19.4 Å². The first kappa shape index (κ1) is 21.6. The van der Waals surface area contributed by atoms with E-state index in [-0.39, 0.29) is 11.8 Å². The van der Waals surface area contributed by atoms with Gasteiger partial charge in [0.25, 0.3) is 5.91 Å². The summed E-state index contributed by atoms with van der Waals surface area (Å²) in [4.78, 5) is 34.4. The topological polar surface area (TPSA) is 99.0 Å². The van der Waals surface area contributed by atoms with Crippen LogP contribution in [0.5, 0.6) is 0 Å². The molecule has 0 spiro atoms. The van der Waals surface area contributed by atoms with Gasteiger partial charge in [0.1, 0.15) is 4.88 Å². The molecule has 0 saturated carbocycles. The molecule has 0 atom stereocenters. The molecule has 0 bridgehead atoms. The number of esters is 1. The Morgan fingerprint density at radius 2 is 1.91 bits per heavy atom. The summed E-state index contributed by atoms with van der Waals surface area (Å²) in [6.07, 6.45) is 1.50. The standard InChI is InChI=1S/C23H23N5O3S/c1-13(2)12-31-22(30)20-14(3)25-23(32-20)27-21(29)17-11-24-28(15(17)4)19-10-9-16-7-5-6-8-18(16)26-19/h5-11,13H,12H2,1-4H3,(H,25,27,29). The van der Waals surface area contributed by atoms with Crippen molar-refractivity contribution in [3.8, 4) is 5.82 Å². The average molecular weight is 450 g/mol. The SMILES string of the molecule is Cc1nc(NC(=O)c2cnn(-c3ccc4ccccc4n3)c2C)sc1C(=O)OCC(C)C. The number of aryl methyl sites for hydroxylation is 1. The summed E-state index contributed by atoms with van der Waals surface area (Å²) in [5, 5.41) is 8.47. The second kappa shape index (κ2) is 8.88. The minimum absolute atomic E-state index is 0.239. The van der Waals surface area contributed by atoms with E-state index in [4.69, 9.17) is 4.74 Å². The van der Waals surface area contributed by atoms with Gasteiger partial charge in [-0.3, -0.25) is 10.1 Å². The lowest BCUT2D eigenvalue weighted by Crippen LogP contribution is -2.13. The van der Waals surface area contributed by atoms with Crippen LogP contribution in [0.15, 0.2) is 42.6 Å². The first-order chi connectivity index (χ1) is 15.3. The summed E-state index contributed by atoms with van der Waals surface area (Å²) >= 11 is 1.10. The summed E-state index contributed by atoms with van der Waals surface area (Å²) in [7, 11) is 0. The van der Waals surface area contributed by atoms with Crippen LogP contribution in [0, 0.1) is 19.8 Å². The number of fused-ring (bicyclic) bond motifs is 1. The van der Waals surface area contributed by atoms with Crippen molar-refractivity contribution in [2.24, 2.45) is 5.92 Å². The normalized spacial score (nSPS) is 11.2. The van der Waals surface area contributed by atoms with Gasteiger partial charge in [-0.15, -0.1) is 0 Å². The number of hydrogen-bond acceptors (Lipinski definition) is 7. The zero-order valence-corrected chi connectivity index (χ0v) is 19.1. The molecule has 1 N–H and O–H groups in total. The Balaban J connectivity index is 1.53. The molecule has 1 aromatic carbocycles. The van der Waals surface area contributed by atoms with E-state index in [2.05, 4.69) is 20.4 Å². The molecule has 0 saturated heterocycles. The molecule has 32 heavy (non-hydrogen) atoms. The quantitative estimate of drug-likeness (QED) is 0.433. The van der Waals surface area contributed by atoms with Crippen LogP contribution < -0.4 is 5.32 Å². The van der Waals surface area contributed by atoms with Crippen LogP contribution in [0.2, 0.25) is 0 Å². The Labute approximate surface area is 189 Å². The Bertz CT molecular complexity index is 1310. The van der Waals surface area contributed by atoms with E-state index in [0.717, 1.165) is 22.2 Å². The molecule has 0 radical (unpaired) electrons. The van der Waals surface area contributed by atoms with Crippen molar-refractivity contribution in [1.82, 2.24) is 19.7 Å². The number of nitrogens with zero attached hydrogens (tertiary/aromatic N) is 4. The summed E-state index contributed by atoms with van der Waals surface area (Å²) in [6, 6.07) is 11.6. The second-order valence-corrected chi connectivity index (χ2v) is 8.80. The molecule has 0 fully saturated rings. The number of hydrogen-bond donors (Lipinski definition) is 1. The first-order valence-electron chi connectivity index (χ1n) is 10.2. The van der Waals surface area contributed by atoms with E-state index in [0.29, 0.717) is 39.4 Å². The Morgan fingerprint density at radius 1 is 1.12 bits per heavy atom. The van der Waals surface area contributed by atoms with E-state index in [1.807, 2.05) is 50.2 Å². The van der Waals surface area contributed by atoms with Crippen molar-refractivity contribution < 1.29 is 14.3 Å². The zero-order valence-electron chi connectivity index (χ0n) is 18.2. The van der Waals surface area contributed by atoms with E-state index in [1.165, 1.54) is 6.20 Å². The lowest BCUT2D eigenvalue weighted by Gasteiger charge is -2.06. The van der Waals surface area contributed by atoms with Crippen molar-refractivity contribution >= 4 is 39.2 Å².